The Labute approximate surface area is 155 Å². The molecule has 3 aromatic rings. The van der Waals surface area contributed by atoms with E-state index in [0.717, 1.165) is 30.5 Å². The molecule has 2 aromatic carbocycles. The van der Waals surface area contributed by atoms with Crippen LogP contribution in [-0.4, -0.2) is 17.4 Å². The summed E-state index contributed by atoms with van der Waals surface area (Å²) < 4.78 is 32.8. The molecule has 1 fully saturated rings. The van der Waals surface area contributed by atoms with Crippen molar-refractivity contribution in [3.8, 4) is 11.5 Å². The second-order valence-electron chi connectivity index (χ2n) is 6.52. The first-order valence-electron chi connectivity index (χ1n) is 8.91. The first-order valence-corrected chi connectivity index (χ1v) is 8.91. The number of aromatic nitrogens is 1. The Bertz CT molecular complexity index is 981. The minimum absolute atomic E-state index is 0.178. The lowest BCUT2D eigenvalue weighted by Crippen LogP contribution is -2.31. The van der Waals surface area contributed by atoms with Gasteiger partial charge in [0.05, 0.1) is 0 Å². The molecular weight excluding hydrogens is 350 g/mol. The number of benzene rings is 2. The van der Waals surface area contributed by atoms with Gasteiger partial charge in [-0.1, -0.05) is 18.2 Å². The third kappa shape index (κ3) is 3.35. The molecule has 0 radical (unpaired) electrons. The Kier molecular flexibility index (Phi) is 4.48. The van der Waals surface area contributed by atoms with Crippen molar-refractivity contribution in [2.45, 2.75) is 25.7 Å². The minimum Gasteiger partial charge on any atom is -0.440 e. The van der Waals surface area contributed by atoms with E-state index in [2.05, 4.69) is 4.98 Å². The first-order chi connectivity index (χ1) is 13.1. The summed E-state index contributed by atoms with van der Waals surface area (Å²) >= 11 is 0. The number of nitrogens with zero attached hydrogens (tertiary/aromatic N) is 2. The lowest BCUT2D eigenvalue weighted by molar-refractivity contribution is 0.0982. The molecule has 0 bridgehead atoms. The number of halogens is 2. The van der Waals surface area contributed by atoms with Crippen molar-refractivity contribution in [2.75, 3.05) is 11.4 Å². The molecule has 27 heavy (non-hydrogen) atoms. The largest absolute Gasteiger partial charge is 0.440 e. The van der Waals surface area contributed by atoms with Crippen molar-refractivity contribution in [3.63, 3.8) is 0 Å². The van der Waals surface area contributed by atoms with E-state index in [9.17, 15) is 13.6 Å². The highest BCUT2D eigenvalue weighted by Gasteiger charge is 2.35. The Morgan fingerprint density at radius 2 is 1.89 bits per heavy atom. The molecule has 0 aliphatic heterocycles. The van der Waals surface area contributed by atoms with Gasteiger partial charge in [-0.15, -0.1) is 0 Å². The third-order valence-electron chi connectivity index (χ3n) is 4.60. The molecule has 1 aromatic heterocycles. The third-order valence-corrected chi connectivity index (χ3v) is 4.60. The summed E-state index contributed by atoms with van der Waals surface area (Å²) in [7, 11) is 0. The normalized spacial score (nSPS) is 13.6. The molecule has 4 nitrogen and oxygen atoms in total. The average Bonchev–Trinajstić information content (AvgIpc) is 3.44. The van der Waals surface area contributed by atoms with E-state index in [1.165, 1.54) is 11.0 Å². The zero-order valence-electron chi connectivity index (χ0n) is 14.8. The lowest BCUT2D eigenvalue weighted by Gasteiger charge is -2.20. The van der Waals surface area contributed by atoms with Gasteiger partial charge in [0.15, 0.2) is 17.3 Å². The summed E-state index contributed by atoms with van der Waals surface area (Å²) in [6, 6.07) is 12.8. The predicted molar refractivity (Wildman–Crippen MR) is 97.6 cm³/mol. The van der Waals surface area contributed by atoms with E-state index < -0.39 is 11.6 Å². The monoisotopic (exact) mass is 368 g/mol. The Balaban J connectivity index is 1.73. The van der Waals surface area contributed by atoms with Crippen LogP contribution in [0.5, 0.6) is 0 Å². The summed E-state index contributed by atoms with van der Waals surface area (Å²) in [5, 5.41) is 0. The standard InChI is InChI=1S/C21H18F2N2O2/c1-2-25(15-10-11-16(22)17(23)12-15)21(26)18-19(13-8-9-13)27-20(24-18)14-6-4-3-5-7-14/h3-7,10-13H,2,8-9H2,1H3. The highest BCUT2D eigenvalue weighted by molar-refractivity contribution is 6.05. The van der Waals surface area contributed by atoms with Crippen molar-refractivity contribution in [3.05, 3.63) is 71.6 Å². The number of hydrogen-bond donors (Lipinski definition) is 0. The molecule has 0 atom stereocenters. The number of oxazole rings is 1. The molecule has 0 spiro atoms. The molecule has 0 saturated heterocycles. The van der Waals surface area contributed by atoms with Gasteiger partial charge in [0.25, 0.3) is 5.91 Å². The molecular formula is C21H18F2N2O2. The topological polar surface area (TPSA) is 46.3 Å². The molecule has 4 rings (SSSR count). The van der Waals surface area contributed by atoms with Crippen LogP contribution in [-0.2, 0) is 0 Å². The van der Waals surface area contributed by atoms with Gasteiger partial charge >= 0.3 is 0 Å². The van der Waals surface area contributed by atoms with E-state index >= 15 is 0 Å². The van der Waals surface area contributed by atoms with Crippen LogP contribution in [0.25, 0.3) is 11.5 Å². The van der Waals surface area contributed by atoms with E-state index in [1.54, 1.807) is 6.92 Å². The maximum Gasteiger partial charge on any atom is 0.280 e. The Morgan fingerprint density at radius 3 is 2.52 bits per heavy atom. The van der Waals surface area contributed by atoms with Gasteiger partial charge in [0.1, 0.15) is 5.76 Å². The predicted octanol–water partition coefficient (Wildman–Crippen LogP) is 5.16. The molecule has 1 aliphatic carbocycles. The van der Waals surface area contributed by atoms with Gasteiger partial charge in [-0.05, 0) is 44.0 Å². The SMILES string of the molecule is CCN(C(=O)c1nc(-c2ccccc2)oc1C1CC1)c1ccc(F)c(F)c1. The van der Waals surface area contributed by atoms with E-state index in [-0.39, 0.29) is 23.2 Å². The molecule has 6 heteroatoms. The van der Waals surface area contributed by atoms with E-state index in [0.29, 0.717) is 18.2 Å². The minimum atomic E-state index is -0.994. The molecule has 0 unspecified atom stereocenters. The van der Waals surface area contributed by atoms with Crippen LogP contribution in [0.15, 0.2) is 52.9 Å². The summed E-state index contributed by atoms with van der Waals surface area (Å²) in [5.74, 6) is -1.18. The van der Waals surface area contributed by atoms with Crippen LogP contribution in [0.2, 0.25) is 0 Å². The fourth-order valence-corrected chi connectivity index (χ4v) is 3.04. The van der Waals surface area contributed by atoms with Crippen molar-refractivity contribution < 1.29 is 18.0 Å². The van der Waals surface area contributed by atoms with E-state index in [1.807, 2.05) is 30.3 Å². The van der Waals surface area contributed by atoms with Crippen LogP contribution in [0.4, 0.5) is 14.5 Å². The smallest absolute Gasteiger partial charge is 0.280 e. The molecule has 1 aliphatic rings. The summed E-state index contributed by atoms with van der Waals surface area (Å²) in [6.45, 7) is 2.07. The second kappa shape index (κ2) is 6.95. The number of carbonyl (C=O) groups is 1. The Morgan fingerprint density at radius 1 is 1.15 bits per heavy atom. The lowest BCUT2D eigenvalue weighted by atomic mass is 10.2. The van der Waals surface area contributed by atoms with Gasteiger partial charge in [-0.2, -0.15) is 0 Å². The van der Waals surface area contributed by atoms with Gasteiger partial charge in [-0.3, -0.25) is 4.79 Å². The molecule has 1 amide bonds. The van der Waals surface area contributed by atoms with Crippen LogP contribution >= 0.6 is 0 Å². The van der Waals surface area contributed by atoms with E-state index in [4.69, 9.17) is 4.42 Å². The van der Waals surface area contributed by atoms with Crippen molar-refractivity contribution in [1.29, 1.82) is 0 Å². The van der Waals surface area contributed by atoms with Crippen LogP contribution in [0, 0.1) is 11.6 Å². The van der Waals surface area contributed by atoms with Crippen LogP contribution < -0.4 is 4.90 Å². The van der Waals surface area contributed by atoms with Gasteiger partial charge < -0.3 is 9.32 Å². The van der Waals surface area contributed by atoms with Crippen molar-refractivity contribution in [2.24, 2.45) is 0 Å². The first kappa shape index (κ1) is 17.4. The summed E-state index contributed by atoms with van der Waals surface area (Å²) in [5.41, 5.74) is 1.31. The fourth-order valence-electron chi connectivity index (χ4n) is 3.04. The highest BCUT2D eigenvalue weighted by atomic mass is 19.2. The van der Waals surface area contributed by atoms with Crippen LogP contribution in [0.1, 0.15) is 41.9 Å². The summed E-state index contributed by atoms with van der Waals surface area (Å²) in [6.07, 6.45) is 1.89. The second-order valence-corrected chi connectivity index (χ2v) is 6.52. The quantitative estimate of drug-likeness (QED) is 0.625. The molecule has 1 heterocycles. The van der Waals surface area contributed by atoms with Crippen molar-refractivity contribution >= 4 is 11.6 Å². The molecule has 1 saturated carbocycles. The van der Waals surface area contributed by atoms with Gasteiger partial charge in [-0.25, -0.2) is 13.8 Å². The van der Waals surface area contributed by atoms with Gasteiger partial charge in [0, 0.05) is 29.8 Å². The maximum absolute atomic E-state index is 13.6. The van der Waals surface area contributed by atoms with Crippen LogP contribution in [0.3, 0.4) is 0 Å². The van der Waals surface area contributed by atoms with Gasteiger partial charge in [0.2, 0.25) is 5.89 Å². The molecule has 138 valence electrons. The maximum atomic E-state index is 13.6. The number of amides is 1. The zero-order chi connectivity index (χ0) is 19.0. The Hall–Kier alpha value is -3.02. The zero-order valence-corrected chi connectivity index (χ0v) is 14.8. The number of hydrogen-bond acceptors (Lipinski definition) is 3. The summed E-state index contributed by atoms with van der Waals surface area (Å²) in [4.78, 5) is 19.0. The number of anilines is 1. The fraction of sp³-hybridized carbons (Fsp3) is 0.238. The average molecular weight is 368 g/mol. The highest BCUT2D eigenvalue weighted by Crippen LogP contribution is 2.43. The number of carbonyl (C=O) groups excluding carboxylic acids is 1. The number of rotatable bonds is 5. The molecule has 0 N–H and O–H groups in total. The van der Waals surface area contributed by atoms with Crippen molar-refractivity contribution in [1.82, 2.24) is 4.98 Å².